The van der Waals surface area contributed by atoms with Crippen molar-refractivity contribution in [2.75, 3.05) is 26.6 Å². The minimum absolute atomic E-state index is 0.0400. The zero-order valence-electron chi connectivity index (χ0n) is 11.4. The Balaban J connectivity index is 3.17. The predicted octanol–water partition coefficient (Wildman–Crippen LogP) is 0.119. The van der Waals surface area contributed by atoms with Gasteiger partial charge in [0.25, 0.3) is 15.9 Å². The zero-order chi connectivity index (χ0) is 15.5. The maximum Gasteiger partial charge on any atom is 0.293 e. The maximum absolute atomic E-state index is 11.9. The predicted molar refractivity (Wildman–Crippen MR) is 75.0 cm³/mol. The van der Waals surface area contributed by atoms with Crippen LogP contribution in [0.2, 0.25) is 0 Å². The standard InChI is InChI=1S/C10H17N5O4S/c1-13(2)20(18,19)14(3)7-8-5-4-6-9(15(16)17)10(8)12-11/h4-6,12H,7,11H2,1-3H3. The summed E-state index contributed by atoms with van der Waals surface area (Å²) in [5, 5.41) is 10.9. The molecule has 1 aromatic carbocycles. The lowest BCUT2D eigenvalue weighted by Gasteiger charge is -2.22. The molecule has 112 valence electrons. The van der Waals surface area contributed by atoms with Crippen LogP contribution in [0.5, 0.6) is 0 Å². The Bertz CT molecular complexity index is 602. The monoisotopic (exact) mass is 303 g/mol. The van der Waals surface area contributed by atoms with E-state index in [0.717, 1.165) is 8.61 Å². The fourth-order valence-corrected chi connectivity index (χ4v) is 2.50. The first kappa shape index (κ1) is 16.3. The molecule has 0 aliphatic rings. The van der Waals surface area contributed by atoms with E-state index in [2.05, 4.69) is 5.43 Å². The van der Waals surface area contributed by atoms with E-state index in [1.165, 1.54) is 33.3 Å². The van der Waals surface area contributed by atoms with Crippen molar-refractivity contribution >= 4 is 21.6 Å². The number of benzene rings is 1. The van der Waals surface area contributed by atoms with Gasteiger partial charge in [0.2, 0.25) is 0 Å². The van der Waals surface area contributed by atoms with Gasteiger partial charge in [-0.05, 0) is 5.56 Å². The second-order valence-corrected chi connectivity index (χ2v) is 6.51. The molecule has 0 spiro atoms. The normalized spacial score (nSPS) is 11.9. The fraction of sp³-hybridized carbons (Fsp3) is 0.400. The molecule has 0 aromatic heterocycles. The third-order valence-electron chi connectivity index (χ3n) is 2.72. The van der Waals surface area contributed by atoms with E-state index in [9.17, 15) is 18.5 Å². The Kier molecular flexibility index (Phi) is 5.00. The molecule has 9 nitrogen and oxygen atoms in total. The number of nitro groups is 1. The van der Waals surface area contributed by atoms with Crippen molar-refractivity contribution in [3.05, 3.63) is 33.9 Å². The molecule has 0 saturated heterocycles. The van der Waals surface area contributed by atoms with Crippen LogP contribution < -0.4 is 11.3 Å². The molecule has 0 fully saturated rings. The smallest absolute Gasteiger partial charge is 0.293 e. The number of rotatable bonds is 6. The highest BCUT2D eigenvalue weighted by Gasteiger charge is 2.23. The van der Waals surface area contributed by atoms with Crippen molar-refractivity contribution in [2.24, 2.45) is 5.84 Å². The van der Waals surface area contributed by atoms with Crippen LogP contribution in [0.25, 0.3) is 0 Å². The Morgan fingerprint density at radius 2 is 1.95 bits per heavy atom. The van der Waals surface area contributed by atoms with Gasteiger partial charge in [-0.15, -0.1) is 0 Å². The van der Waals surface area contributed by atoms with Gasteiger partial charge in [-0.3, -0.25) is 16.0 Å². The van der Waals surface area contributed by atoms with Crippen molar-refractivity contribution < 1.29 is 13.3 Å². The number of nitrogen functional groups attached to an aromatic ring is 1. The third-order valence-corrected chi connectivity index (χ3v) is 4.56. The SMILES string of the molecule is CN(C)S(=O)(=O)N(C)Cc1cccc([N+](=O)[O-])c1NN. The Hall–Kier alpha value is -1.75. The lowest BCUT2D eigenvalue weighted by atomic mass is 10.1. The van der Waals surface area contributed by atoms with E-state index < -0.39 is 15.1 Å². The second kappa shape index (κ2) is 6.13. The summed E-state index contributed by atoms with van der Waals surface area (Å²) in [5.41, 5.74) is 2.55. The summed E-state index contributed by atoms with van der Waals surface area (Å²) in [6.07, 6.45) is 0. The molecular formula is C10H17N5O4S. The van der Waals surface area contributed by atoms with Crippen molar-refractivity contribution in [2.45, 2.75) is 6.54 Å². The quantitative estimate of drug-likeness (QED) is 0.437. The molecule has 0 atom stereocenters. The van der Waals surface area contributed by atoms with E-state index in [1.807, 2.05) is 0 Å². The van der Waals surface area contributed by atoms with Crippen LogP contribution in [0.1, 0.15) is 5.56 Å². The molecule has 20 heavy (non-hydrogen) atoms. The van der Waals surface area contributed by atoms with Gasteiger partial charge < -0.3 is 5.43 Å². The Morgan fingerprint density at radius 3 is 2.40 bits per heavy atom. The Labute approximate surface area is 117 Å². The molecule has 0 unspecified atom stereocenters. The lowest BCUT2D eigenvalue weighted by molar-refractivity contribution is -0.384. The van der Waals surface area contributed by atoms with E-state index in [-0.39, 0.29) is 17.9 Å². The van der Waals surface area contributed by atoms with Crippen molar-refractivity contribution in [1.82, 2.24) is 8.61 Å². The minimum atomic E-state index is -3.60. The molecule has 0 aliphatic heterocycles. The van der Waals surface area contributed by atoms with Gasteiger partial charge >= 0.3 is 0 Å². The summed E-state index contributed by atoms with van der Waals surface area (Å²) < 4.78 is 26.0. The van der Waals surface area contributed by atoms with Crippen LogP contribution in [0, 0.1) is 10.1 Å². The second-order valence-electron chi connectivity index (χ2n) is 4.26. The molecule has 0 bridgehead atoms. The van der Waals surface area contributed by atoms with Crippen LogP contribution >= 0.6 is 0 Å². The van der Waals surface area contributed by atoms with Gasteiger partial charge in [-0.1, -0.05) is 12.1 Å². The maximum atomic E-state index is 11.9. The first-order valence-corrected chi connectivity index (χ1v) is 6.98. The number of anilines is 1. The molecule has 10 heteroatoms. The summed E-state index contributed by atoms with van der Waals surface area (Å²) in [5.74, 6) is 5.30. The number of para-hydroxylation sites is 1. The van der Waals surface area contributed by atoms with E-state index in [4.69, 9.17) is 5.84 Å². The van der Waals surface area contributed by atoms with Crippen LogP contribution in [-0.2, 0) is 16.8 Å². The third kappa shape index (κ3) is 3.22. The number of nitrogens with zero attached hydrogens (tertiary/aromatic N) is 3. The highest BCUT2D eigenvalue weighted by atomic mass is 32.2. The van der Waals surface area contributed by atoms with Crippen LogP contribution in [0.4, 0.5) is 11.4 Å². The van der Waals surface area contributed by atoms with E-state index >= 15 is 0 Å². The van der Waals surface area contributed by atoms with E-state index in [1.54, 1.807) is 6.07 Å². The number of hydrogen-bond acceptors (Lipinski definition) is 6. The summed E-state index contributed by atoms with van der Waals surface area (Å²) in [7, 11) is 0.587. The molecule has 1 rings (SSSR count). The van der Waals surface area contributed by atoms with Gasteiger partial charge in [0.1, 0.15) is 5.69 Å². The molecular weight excluding hydrogens is 286 g/mol. The Morgan fingerprint density at radius 1 is 1.35 bits per heavy atom. The van der Waals surface area contributed by atoms with Crippen LogP contribution in [-0.4, -0.2) is 43.1 Å². The van der Waals surface area contributed by atoms with Crippen molar-refractivity contribution in [1.29, 1.82) is 0 Å². The van der Waals surface area contributed by atoms with Gasteiger partial charge in [0.15, 0.2) is 0 Å². The number of hydrazine groups is 1. The van der Waals surface area contributed by atoms with E-state index in [0.29, 0.717) is 5.56 Å². The fourth-order valence-electron chi connectivity index (χ4n) is 1.64. The van der Waals surface area contributed by atoms with Crippen LogP contribution in [0.15, 0.2) is 18.2 Å². The van der Waals surface area contributed by atoms with Crippen molar-refractivity contribution in [3.8, 4) is 0 Å². The summed E-state index contributed by atoms with van der Waals surface area (Å²) in [6.45, 7) is -0.0400. The van der Waals surface area contributed by atoms with Crippen molar-refractivity contribution in [3.63, 3.8) is 0 Å². The highest BCUT2D eigenvalue weighted by molar-refractivity contribution is 7.86. The summed E-state index contributed by atoms with van der Waals surface area (Å²) in [6, 6.07) is 4.34. The number of nitrogens with one attached hydrogen (secondary N) is 1. The van der Waals surface area contributed by atoms with Gasteiger partial charge in [0, 0.05) is 33.8 Å². The molecule has 0 saturated carbocycles. The first-order chi connectivity index (χ1) is 9.21. The average molecular weight is 303 g/mol. The van der Waals surface area contributed by atoms with Gasteiger partial charge in [-0.25, -0.2) is 0 Å². The number of nitro benzene ring substituents is 1. The topological polar surface area (TPSA) is 122 Å². The minimum Gasteiger partial charge on any atom is -0.318 e. The highest BCUT2D eigenvalue weighted by Crippen LogP contribution is 2.28. The lowest BCUT2D eigenvalue weighted by Crippen LogP contribution is -2.37. The zero-order valence-corrected chi connectivity index (χ0v) is 12.2. The largest absolute Gasteiger partial charge is 0.318 e. The molecule has 0 aliphatic carbocycles. The molecule has 0 radical (unpaired) electrons. The number of nitrogens with two attached hydrogens (primary N) is 1. The van der Waals surface area contributed by atoms with Crippen LogP contribution in [0.3, 0.4) is 0 Å². The average Bonchev–Trinajstić information content (AvgIpc) is 2.37. The summed E-state index contributed by atoms with van der Waals surface area (Å²) in [4.78, 5) is 10.3. The molecule has 3 N–H and O–H groups in total. The molecule has 1 aromatic rings. The van der Waals surface area contributed by atoms with Gasteiger partial charge in [-0.2, -0.15) is 17.0 Å². The first-order valence-electron chi connectivity index (χ1n) is 5.58. The number of hydrogen-bond donors (Lipinski definition) is 2. The summed E-state index contributed by atoms with van der Waals surface area (Å²) >= 11 is 0. The molecule has 0 amide bonds. The van der Waals surface area contributed by atoms with Gasteiger partial charge in [0.05, 0.1) is 4.92 Å². The molecule has 0 heterocycles.